The molecule has 0 radical (unpaired) electrons. The van der Waals surface area contributed by atoms with E-state index in [0.717, 1.165) is 4.90 Å². The summed E-state index contributed by atoms with van der Waals surface area (Å²) in [7, 11) is 0. The Morgan fingerprint density at radius 2 is 1.76 bits per heavy atom. The van der Waals surface area contributed by atoms with Crippen molar-refractivity contribution in [2.45, 2.75) is 25.8 Å². The van der Waals surface area contributed by atoms with Crippen LogP contribution in [0.5, 0.6) is 0 Å². The quantitative estimate of drug-likeness (QED) is 0.579. The molecule has 1 saturated heterocycles. The summed E-state index contributed by atoms with van der Waals surface area (Å²) in [5, 5.41) is 5.15. The van der Waals surface area contributed by atoms with Crippen LogP contribution in [0.1, 0.15) is 36.2 Å². The lowest BCUT2D eigenvalue weighted by molar-refractivity contribution is -0.131. The molecular weight excluding hydrogens is 377 g/mol. The summed E-state index contributed by atoms with van der Waals surface area (Å²) in [5.74, 6) is -1.71. The van der Waals surface area contributed by atoms with Crippen LogP contribution in [0.25, 0.3) is 0 Å². The molecule has 2 N–H and O–H groups in total. The van der Waals surface area contributed by atoms with Gasteiger partial charge in [0.25, 0.3) is 5.91 Å². The summed E-state index contributed by atoms with van der Waals surface area (Å²) >= 11 is 0. The van der Waals surface area contributed by atoms with E-state index in [4.69, 9.17) is 0 Å². The molecule has 1 aliphatic heterocycles. The number of hydrogen-bond donors (Lipinski definition) is 2. The van der Waals surface area contributed by atoms with Crippen molar-refractivity contribution in [1.82, 2.24) is 10.2 Å². The van der Waals surface area contributed by atoms with Crippen molar-refractivity contribution in [1.29, 1.82) is 0 Å². The van der Waals surface area contributed by atoms with Gasteiger partial charge in [-0.3, -0.25) is 19.3 Å². The van der Waals surface area contributed by atoms with E-state index in [0.29, 0.717) is 11.3 Å². The van der Waals surface area contributed by atoms with E-state index in [1.165, 1.54) is 32.0 Å². The average molecular weight is 397 g/mol. The highest BCUT2D eigenvalue weighted by atomic mass is 19.1. The maximum atomic E-state index is 14.1. The van der Waals surface area contributed by atoms with Gasteiger partial charge < -0.3 is 10.6 Å². The number of rotatable bonds is 6. The average Bonchev–Trinajstić information content (AvgIpc) is 2.90. The van der Waals surface area contributed by atoms with Gasteiger partial charge >= 0.3 is 6.03 Å². The molecule has 29 heavy (non-hydrogen) atoms. The van der Waals surface area contributed by atoms with Gasteiger partial charge in [0.05, 0.1) is 0 Å². The fourth-order valence-electron chi connectivity index (χ4n) is 3.17. The molecular formula is C21H20FN3O4. The zero-order chi connectivity index (χ0) is 21.2. The first-order chi connectivity index (χ1) is 13.7. The van der Waals surface area contributed by atoms with Crippen LogP contribution >= 0.6 is 0 Å². The first kappa shape index (κ1) is 20.2. The molecule has 2 aromatic carbocycles. The SMILES string of the molecule is CC(=O)c1ccc(NC(=O)CCN2C(=O)NC(C)(c3ccccc3F)C2=O)cc1. The van der Waals surface area contributed by atoms with Crippen molar-refractivity contribution in [3.63, 3.8) is 0 Å². The number of Topliss-reactive ketones (excluding diaryl/α,β-unsaturated/α-hetero) is 1. The molecule has 1 fully saturated rings. The molecule has 1 atom stereocenters. The lowest BCUT2D eigenvalue weighted by Crippen LogP contribution is -2.41. The fraction of sp³-hybridized carbons (Fsp3) is 0.238. The van der Waals surface area contributed by atoms with Gasteiger partial charge in [0.15, 0.2) is 5.78 Å². The smallest absolute Gasteiger partial charge is 0.325 e. The Labute approximate surface area is 166 Å². The van der Waals surface area contributed by atoms with Gasteiger partial charge in [0.2, 0.25) is 5.91 Å². The predicted molar refractivity (Wildman–Crippen MR) is 104 cm³/mol. The second-order valence-corrected chi connectivity index (χ2v) is 6.92. The van der Waals surface area contributed by atoms with E-state index >= 15 is 0 Å². The molecule has 2 aromatic rings. The molecule has 1 heterocycles. The minimum Gasteiger partial charge on any atom is -0.326 e. The summed E-state index contributed by atoms with van der Waals surface area (Å²) in [6.07, 6.45) is -0.124. The van der Waals surface area contributed by atoms with E-state index in [1.807, 2.05) is 0 Å². The number of carbonyl (C=O) groups is 4. The Bertz CT molecular complexity index is 990. The van der Waals surface area contributed by atoms with Crippen LogP contribution in [0.15, 0.2) is 48.5 Å². The van der Waals surface area contributed by atoms with Gasteiger partial charge in [-0.1, -0.05) is 18.2 Å². The number of benzene rings is 2. The van der Waals surface area contributed by atoms with E-state index in [1.54, 1.807) is 30.3 Å². The highest BCUT2D eigenvalue weighted by Crippen LogP contribution is 2.30. The van der Waals surface area contributed by atoms with Crippen LogP contribution in [-0.2, 0) is 15.1 Å². The van der Waals surface area contributed by atoms with Crippen LogP contribution in [0, 0.1) is 5.82 Å². The normalized spacial score (nSPS) is 18.5. The van der Waals surface area contributed by atoms with Crippen molar-refractivity contribution in [3.8, 4) is 0 Å². The Morgan fingerprint density at radius 1 is 1.10 bits per heavy atom. The molecule has 1 aliphatic rings. The predicted octanol–water partition coefficient (Wildman–Crippen LogP) is 2.82. The van der Waals surface area contributed by atoms with Crippen LogP contribution in [-0.4, -0.2) is 35.1 Å². The highest BCUT2D eigenvalue weighted by molar-refractivity contribution is 6.07. The Hall–Kier alpha value is -3.55. The fourth-order valence-corrected chi connectivity index (χ4v) is 3.17. The number of nitrogens with zero attached hydrogens (tertiary/aromatic N) is 1. The molecule has 3 rings (SSSR count). The third kappa shape index (κ3) is 4.01. The maximum Gasteiger partial charge on any atom is 0.325 e. The minimum atomic E-state index is -1.53. The number of imide groups is 1. The number of halogens is 1. The highest BCUT2D eigenvalue weighted by Gasteiger charge is 2.50. The van der Waals surface area contributed by atoms with Gasteiger partial charge in [-0.2, -0.15) is 0 Å². The Morgan fingerprint density at radius 3 is 2.38 bits per heavy atom. The van der Waals surface area contributed by atoms with Gasteiger partial charge in [-0.25, -0.2) is 9.18 Å². The van der Waals surface area contributed by atoms with Gasteiger partial charge in [0, 0.05) is 29.8 Å². The molecule has 0 spiro atoms. The van der Waals surface area contributed by atoms with Crippen molar-refractivity contribution in [2.75, 3.05) is 11.9 Å². The minimum absolute atomic E-state index is 0.0656. The molecule has 8 heteroatoms. The van der Waals surface area contributed by atoms with E-state index < -0.39 is 29.2 Å². The Balaban J connectivity index is 1.64. The van der Waals surface area contributed by atoms with Crippen molar-refractivity contribution < 1.29 is 23.6 Å². The summed E-state index contributed by atoms with van der Waals surface area (Å²) in [6.45, 7) is 2.73. The molecule has 0 aliphatic carbocycles. The largest absolute Gasteiger partial charge is 0.326 e. The second-order valence-electron chi connectivity index (χ2n) is 6.92. The molecule has 7 nitrogen and oxygen atoms in total. The molecule has 150 valence electrons. The number of amides is 4. The zero-order valence-corrected chi connectivity index (χ0v) is 16.0. The first-order valence-corrected chi connectivity index (χ1v) is 9.02. The topological polar surface area (TPSA) is 95.6 Å². The monoisotopic (exact) mass is 397 g/mol. The summed E-state index contributed by atoms with van der Waals surface area (Å²) in [4.78, 5) is 49.4. The number of urea groups is 1. The lowest BCUT2D eigenvalue weighted by Gasteiger charge is -2.22. The van der Waals surface area contributed by atoms with Crippen molar-refractivity contribution in [2.24, 2.45) is 0 Å². The summed E-state index contributed by atoms with van der Waals surface area (Å²) in [6, 6.07) is 11.4. The van der Waals surface area contributed by atoms with Crippen LogP contribution in [0.3, 0.4) is 0 Å². The van der Waals surface area contributed by atoms with Crippen LogP contribution < -0.4 is 10.6 Å². The summed E-state index contributed by atoms with van der Waals surface area (Å²) in [5.41, 5.74) is -0.444. The Kier molecular flexibility index (Phi) is 5.45. The van der Waals surface area contributed by atoms with E-state index in [2.05, 4.69) is 10.6 Å². The number of nitrogens with one attached hydrogen (secondary N) is 2. The standard InChI is InChI=1S/C21H20FN3O4/c1-13(26)14-7-9-15(10-8-14)23-18(27)11-12-25-19(28)21(2,24-20(25)29)16-5-3-4-6-17(16)22/h3-10H,11-12H2,1-2H3,(H,23,27)(H,24,29). The van der Waals surface area contributed by atoms with Crippen LogP contribution in [0.2, 0.25) is 0 Å². The third-order valence-corrected chi connectivity index (χ3v) is 4.83. The van der Waals surface area contributed by atoms with Gasteiger partial charge in [-0.05, 0) is 44.2 Å². The van der Waals surface area contributed by atoms with Gasteiger partial charge in [0.1, 0.15) is 11.4 Å². The zero-order valence-electron chi connectivity index (χ0n) is 16.0. The van der Waals surface area contributed by atoms with Crippen molar-refractivity contribution in [3.05, 3.63) is 65.5 Å². The number of carbonyl (C=O) groups excluding carboxylic acids is 4. The van der Waals surface area contributed by atoms with Gasteiger partial charge in [-0.15, -0.1) is 0 Å². The van der Waals surface area contributed by atoms with Crippen molar-refractivity contribution >= 4 is 29.3 Å². The molecule has 0 bridgehead atoms. The number of anilines is 1. The van der Waals surface area contributed by atoms with E-state index in [9.17, 15) is 23.6 Å². The molecule has 0 aromatic heterocycles. The molecule has 4 amide bonds. The van der Waals surface area contributed by atoms with E-state index in [-0.39, 0.29) is 24.3 Å². The first-order valence-electron chi connectivity index (χ1n) is 9.02. The lowest BCUT2D eigenvalue weighted by atomic mass is 9.91. The second kappa shape index (κ2) is 7.83. The number of ketones is 1. The molecule has 0 saturated carbocycles. The third-order valence-electron chi connectivity index (χ3n) is 4.83. The maximum absolute atomic E-state index is 14.1. The molecule has 1 unspecified atom stereocenters. The van der Waals surface area contributed by atoms with Crippen LogP contribution in [0.4, 0.5) is 14.9 Å². The summed E-state index contributed by atoms with van der Waals surface area (Å²) < 4.78 is 14.1. The number of hydrogen-bond acceptors (Lipinski definition) is 4.